The highest BCUT2D eigenvalue weighted by molar-refractivity contribution is 5.82. The summed E-state index contributed by atoms with van der Waals surface area (Å²) in [5.74, 6) is 0.919. The molecule has 10 nitrogen and oxygen atoms in total. The molecule has 8 aromatic rings. The van der Waals surface area contributed by atoms with Crippen LogP contribution in [0.25, 0.3) is 44.8 Å². The Kier molecular flexibility index (Phi) is 14.5. The molecule has 0 saturated heterocycles. The Morgan fingerprint density at radius 3 is 1.41 bits per heavy atom. The molecular weight excluding hydrogens is 798 g/mol. The number of pyridine rings is 2. The second-order valence-electron chi connectivity index (χ2n) is 15.0. The van der Waals surface area contributed by atoms with Crippen molar-refractivity contribution in [3.8, 4) is 44.8 Å². The summed E-state index contributed by atoms with van der Waals surface area (Å²) in [6.45, 7) is 3.11. The van der Waals surface area contributed by atoms with E-state index in [9.17, 15) is 13.2 Å². The van der Waals surface area contributed by atoms with Crippen molar-refractivity contribution in [1.29, 1.82) is 0 Å². The highest BCUT2D eigenvalue weighted by Gasteiger charge is 2.30. The number of aryl methyl sites for hydroxylation is 1. The van der Waals surface area contributed by atoms with Crippen LogP contribution in [0.2, 0.25) is 0 Å². The number of rotatable bonds is 14. The maximum Gasteiger partial charge on any atom is 0.416 e. The highest BCUT2D eigenvalue weighted by Crippen LogP contribution is 2.36. The van der Waals surface area contributed by atoms with Gasteiger partial charge in [-0.15, -0.1) is 0 Å². The largest absolute Gasteiger partial charge is 0.416 e. The lowest BCUT2D eigenvalue weighted by atomic mass is 9.99. The fourth-order valence-electron chi connectivity index (χ4n) is 6.91. The first-order chi connectivity index (χ1) is 30.6. The molecule has 0 saturated carbocycles. The van der Waals surface area contributed by atoms with Crippen molar-refractivity contribution in [3.63, 3.8) is 0 Å². The molecule has 0 bridgehead atoms. The zero-order chi connectivity index (χ0) is 44.0. The normalized spacial score (nSPS) is 12.1. The van der Waals surface area contributed by atoms with Crippen molar-refractivity contribution in [3.05, 3.63) is 193 Å². The van der Waals surface area contributed by atoms with Gasteiger partial charge in [-0.25, -0.2) is 19.9 Å². The number of halogens is 3. The van der Waals surface area contributed by atoms with Gasteiger partial charge in [-0.2, -0.15) is 13.2 Å². The summed E-state index contributed by atoms with van der Waals surface area (Å²) in [5, 5.41) is 6.45. The van der Waals surface area contributed by atoms with Crippen LogP contribution in [0.4, 0.5) is 25.1 Å². The molecule has 0 aliphatic heterocycles. The highest BCUT2D eigenvalue weighted by atomic mass is 19.4. The van der Waals surface area contributed by atoms with Gasteiger partial charge in [0.05, 0.1) is 17.0 Å². The number of hydrogen-bond acceptors (Lipinski definition) is 10. The molecule has 4 aromatic heterocycles. The number of aromatic nitrogens is 6. The summed E-state index contributed by atoms with van der Waals surface area (Å²) in [6.07, 6.45) is 7.23. The van der Waals surface area contributed by atoms with Gasteiger partial charge in [0, 0.05) is 84.6 Å². The van der Waals surface area contributed by atoms with Crippen LogP contribution < -0.4 is 22.1 Å². The van der Waals surface area contributed by atoms with Gasteiger partial charge in [-0.1, -0.05) is 103 Å². The molecule has 4 heterocycles. The molecule has 2 atom stereocenters. The Balaban J connectivity index is 0.000000190. The summed E-state index contributed by atoms with van der Waals surface area (Å²) in [6, 6.07) is 40.9. The SMILES string of the molecule is Cc1cccc(-c2cnc(NC[C@@H](N)Cc3ccccc3)nc2-c2ccncc2)c1.N[C@H](CNc1ncc(-c2cccc(C(F)(F)F)c2)c(-c2ccncc2)n1)Cc1ccccc1. The predicted octanol–water partition coefficient (Wildman–Crippen LogP) is 9.70. The van der Waals surface area contributed by atoms with Gasteiger partial charge in [-0.3, -0.25) is 9.97 Å². The van der Waals surface area contributed by atoms with Crippen molar-refractivity contribution < 1.29 is 13.2 Å². The number of nitrogens with zero attached hydrogens (tertiary/aromatic N) is 6. The number of benzene rings is 4. The van der Waals surface area contributed by atoms with Gasteiger partial charge < -0.3 is 22.1 Å². The number of anilines is 2. The van der Waals surface area contributed by atoms with Crippen LogP contribution in [0, 0.1) is 6.92 Å². The van der Waals surface area contributed by atoms with Crippen LogP contribution >= 0.6 is 0 Å². The molecule has 63 heavy (non-hydrogen) atoms. The van der Waals surface area contributed by atoms with Crippen LogP contribution in [0.15, 0.2) is 171 Å². The molecule has 0 unspecified atom stereocenters. The number of nitrogens with one attached hydrogen (secondary N) is 2. The first kappa shape index (κ1) is 43.7. The number of alkyl halides is 3. The van der Waals surface area contributed by atoms with Crippen molar-refractivity contribution in [2.45, 2.75) is 38.0 Å². The van der Waals surface area contributed by atoms with E-state index in [1.54, 1.807) is 43.0 Å². The lowest BCUT2D eigenvalue weighted by Crippen LogP contribution is -2.31. The number of hydrogen-bond donors (Lipinski definition) is 4. The van der Waals surface area contributed by atoms with Crippen molar-refractivity contribution in [2.75, 3.05) is 23.7 Å². The average molecular weight is 845 g/mol. The van der Waals surface area contributed by atoms with E-state index in [0.29, 0.717) is 48.2 Å². The Hall–Kier alpha value is -7.35. The van der Waals surface area contributed by atoms with Gasteiger partial charge in [0.2, 0.25) is 11.9 Å². The predicted molar refractivity (Wildman–Crippen MR) is 244 cm³/mol. The van der Waals surface area contributed by atoms with Crippen LogP contribution in [-0.4, -0.2) is 55.1 Å². The van der Waals surface area contributed by atoms with Crippen molar-refractivity contribution in [1.82, 2.24) is 29.9 Å². The minimum Gasteiger partial charge on any atom is -0.353 e. The molecule has 0 fully saturated rings. The van der Waals surface area contributed by atoms with E-state index in [2.05, 4.69) is 78.9 Å². The summed E-state index contributed by atoms with van der Waals surface area (Å²) in [5.41, 5.74) is 21.4. The molecular formula is C50H47F3N10. The first-order valence-corrected chi connectivity index (χ1v) is 20.5. The van der Waals surface area contributed by atoms with Gasteiger partial charge in [0.25, 0.3) is 0 Å². The zero-order valence-electron chi connectivity index (χ0n) is 34.6. The minimum absolute atomic E-state index is 0.0307. The fourth-order valence-corrected chi connectivity index (χ4v) is 6.91. The standard InChI is InChI=1S/C25H22F3N5.C25H25N5/c26-25(27,28)20-8-4-7-19(14-20)22-16-32-24(33-23(22)18-9-11-30-12-10-18)31-15-21(29)13-17-5-2-1-3-6-17;1-18-6-5-9-21(14-18)23-17-29-25(30-24(23)20-10-12-27-13-11-20)28-16-22(26)15-19-7-3-2-4-8-19/h1-12,14,16,21H,13,15,29H2,(H,31,32,33);2-14,17,22H,15-16,26H2,1H3,(H,28,29,30)/t21-;22-/m00/s1. The van der Waals surface area contributed by atoms with Crippen LogP contribution in [0.5, 0.6) is 0 Å². The van der Waals surface area contributed by atoms with Crippen LogP contribution in [-0.2, 0) is 19.0 Å². The summed E-state index contributed by atoms with van der Waals surface area (Å²) in [7, 11) is 0. The molecule has 318 valence electrons. The van der Waals surface area contributed by atoms with Gasteiger partial charge in [-0.05, 0) is 78.4 Å². The third kappa shape index (κ3) is 12.4. The Bertz CT molecular complexity index is 2670. The van der Waals surface area contributed by atoms with E-state index < -0.39 is 11.7 Å². The molecule has 8 rings (SSSR count). The van der Waals surface area contributed by atoms with Gasteiger partial charge in [0.1, 0.15) is 0 Å². The molecule has 6 N–H and O–H groups in total. The Morgan fingerprint density at radius 2 is 0.968 bits per heavy atom. The van der Waals surface area contributed by atoms with Crippen LogP contribution in [0.3, 0.4) is 0 Å². The second kappa shape index (κ2) is 21.0. The molecule has 13 heteroatoms. The summed E-state index contributed by atoms with van der Waals surface area (Å²) in [4.78, 5) is 26.5. The lowest BCUT2D eigenvalue weighted by molar-refractivity contribution is -0.137. The smallest absolute Gasteiger partial charge is 0.353 e. The third-order valence-corrected chi connectivity index (χ3v) is 10.0. The maximum absolute atomic E-state index is 13.2. The van der Waals surface area contributed by atoms with E-state index in [1.807, 2.05) is 66.9 Å². The van der Waals surface area contributed by atoms with Crippen molar-refractivity contribution >= 4 is 11.9 Å². The molecule has 0 radical (unpaired) electrons. The Labute approximate surface area is 364 Å². The molecule has 0 spiro atoms. The third-order valence-electron chi connectivity index (χ3n) is 10.0. The summed E-state index contributed by atoms with van der Waals surface area (Å²) < 4.78 is 39.7. The lowest BCUT2D eigenvalue weighted by Gasteiger charge is -2.15. The summed E-state index contributed by atoms with van der Waals surface area (Å²) >= 11 is 0. The van der Waals surface area contributed by atoms with E-state index in [0.717, 1.165) is 52.1 Å². The minimum atomic E-state index is -4.44. The van der Waals surface area contributed by atoms with Crippen LogP contribution in [0.1, 0.15) is 22.3 Å². The topological polar surface area (TPSA) is 153 Å². The van der Waals surface area contributed by atoms with Gasteiger partial charge in [0.15, 0.2) is 0 Å². The Morgan fingerprint density at radius 1 is 0.524 bits per heavy atom. The fraction of sp³-hybridized carbons (Fsp3) is 0.160. The first-order valence-electron chi connectivity index (χ1n) is 20.5. The van der Waals surface area contributed by atoms with E-state index in [-0.39, 0.29) is 12.1 Å². The average Bonchev–Trinajstić information content (AvgIpc) is 3.31. The monoisotopic (exact) mass is 844 g/mol. The second-order valence-corrected chi connectivity index (χ2v) is 15.0. The number of nitrogens with two attached hydrogens (primary N) is 2. The zero-order valence-corrected chi connectivity index (χ0v) is 34.6. The molecule has 0 aliphatic carbocycles. The van der Waals surface area contributed by atoms with Gasteiger partial charge >= 0.3 is 6.18 Å². The van der Waals surface area contributed by atoms with Crippen molar-refractivity contribution in [2.24, 2.45) is 11.5 Å². The van der Waals surface area contributed by atoms with E-state index >= 15 is 0 Å². The molecule has 0 amide bonds. The quantitative estimate of drug-likeness (QED) is 0.0832. The van der Waals surface area contributed by atoms with E-state index in [1.165, 1.54) is 23.4 Å². The van der Waals surface area contributed by atoms with E-state index in [4.69, 9.17) is 16.5 Å². The molecule has 0 aliphatic rings. The molecule has 4 aromatic carbocycles. The maximum atomic E-state index is 13.2.